The van der Waals surface area contributed by atoms with E-state index < -0.39 is 6.36 Å². The highest BCUT2D eigenvalue weighted by Crippen LogP contribution is 2.29. The van der Waals surface area contributed by atoms with Crippen molar-refractivity contribution in [2.75, 3.05) is 0 Å². The molecule has 0 fully saturated rings. The number of nitrogens with zero attached hydrogens (tertiary/aromatic N) is 3. The van der Waals surface area contributed by atoms with Gasteiger partial charge in [0, 0.05) is 11.1 Å². The molecule has 7 heteroatoms. The van der Waals surface area contributed by atoms with Gasteiger partial charge in [-0.2, -0.15) is 5.10 Å². The van der Waals surface area contributed by atoms with Crippen molar-refractivity contribution >= 4 is 5.65 Å². The van der Waals surface area contributed by atoms with Crippen LogP contribution in [0, 0.1) is 6.92 Å². The van der Waals surface area contributed by atoms with Gasteiger partial charge in [-0.3, -0.25) is 0 Å². The van der Waals surface area contributed by atoms with Crippen LogP contribution in [0.4, 0.5) is 13.2 Å². The lowest BCUT2D eigenvalue weighted by Crippen LogP contribution is -2.17. The maximum absolute atomic E-state index is 12.5. The number of imidazole rings is 1. The van der Waals surface area contributed by atoms with Crippen molar-refractivity contribution in [3.8, 4) is 28.3 Å². The molecule has 4 nitrogen and oxygen atoms in total. The summed E-state index contributed by atoms with van der Waals surface area (Å²) in [7, 11) is 0. The first-order chi connectivity index (χ1) is 12.9. The zero-order valence-electron chi connectivity index (χ0n) is 14.2. The summed E-state index contributed by atoms with van der Waals surface area (Å²) in [5, 5.41) is 4.61. The summed E-state index contributed by atoms with van der Waals surface area (Å²) < 4.78 is 43.1. The van der Waals surface area contributed by atoms with Gasteiger partial charge >= 0.3 is 6.36 Å². The fraction of sp³-hybridized carbons (Fsp3) is 0.100. The standard InChI is InChI=1S/C20H14F3N3O/c1-13-5-7-14(8-6-13)17-9-10-19-24-12-18(26(19)25-17)15-3-2-4-16(11-15)27-20(21,22)23/h2-12H,1H3. The van der Waals surface area contributed by atoms with E-state index in [2.05, 4.69) is 14.8 Å². The molecule has 136 valence electrons. The van der Waals surface area contributed by atoms with Crippen molar-refractivity contribution in [2.45, 2.75) is 13.3 Å². The maximum atomic E-state index is 12.5. The van der Waals surface area contributed by atoms with Crippen LogP contribution in [0.2, 0.25) is 0 Å². The monoisotopic (exact) mass is 369 g/mol. The van der Waals surface area contributed by atoms with Crippen molar-refractivity contribution in [3.63, 3.8) is 0 Å². The van der Waals surface area contributed by atoms with E-state index in [1.54, 1.807) is 16.8 Å². The van der Waals surface area contributed by atoms with E-state index in [1.807, 2.05) is 43.3 Å². The number of hydrogen-bond donors (Lipinski definition) is 0. The second kappa shape index (κ2) is 6.42. The van der Waals surface area contributed by atoms with Crippen molar-refractivity contribution in [1.29, 1.82) is 0 Å². The molecule has 0 spiro atoms. The van der Waals surface area contributed by atoms with Gasteiger partial charge in [0.05, 0.1) is 17.6 Å². The molecule has 4 aromatic rings. The molecule has 0 saturated heterocycles. The Morgan fingerprint density at radius 2 is 1.70 bits per heavy atom. The summed E-state index contributed by atoms with van der Waals surface area (Å²) in [5.74, 6) is -0.287. The molecule has 0 aliphatic heterocycles. The first kappa shape index (κ1) is 17.1. The van der Waals surface area contributed by atoms with Crippen LogP contribution >= 0.6 is 0 Å². The second-order valence-electron chi connectivity index (χ2n) is 6.07. The summed E-state index contributed by atoms with van der Waals surface area (Å²) in [4.78, 5) is 4.29. The van der Waals surface area contributed by atoms with Crippen LogP contribution in [0.25, 0.3) is 28.2 Å². The number of fused-ring (bicyclic) bond motifs is 1. The van der Waals surface area contributed by atoms with E-state index in [9.17, 15) is 13.2 Å². The number of ether oxygens (including phenoxy) is 1. The van der Waals surface area contributed by atoms with Crippen LogP contribution < -0.4 is 4.74 Å². The van der Waals surface area contributed by atoms with Crippen molar-refractivity contribution in [1.82, 2.24) is 14.6 Å². The Balaban J connectivity index is 1.77. The molecule has 0 aliphatic rings. The van der Waals surface area contributed by atoms with E-state index in [0.29, 0.717) is 16.9 Å². The van der Waals surface area contributed by atoms with Crippen LogP contribution in [-0.4, -0.2) is 21.0 Å². The van der Waals surface area contributed by atoms with E-state index in [4.69, 9.17) is 0 Å². The van der Waals surface area contributed by atoms with Crippen LogP contribution in [0.15, 0.2) is 66.9 Å². The minimum absolute atomic E-state index is 0.287. The highest BCUT2D eigenvalue weighted by atomic mass is 19.4. The Bertz CT molecular complexity index is 1100. The molecule has 0 bridgehead atoms. The van der Waals surface area contributed by atoms with Crippen molar-refractivity contribution in [2.24, 2.45) is 0 Å². The molecule has 0 atom stereocenters. The van der Waals surface area contributed by atoms with Crippen LogP contribution in [0.5, 0.6) is 5.75 Å². The molecular weight excluding hydrogens is 355 g/mol. The van der Waals surface area contributed by atoms with Gasteiger partial charge < -0.3 is 4.74 Å². The number of aryl methyl sites for hydroxylation is 1. The fourth-order valence-electron chi connectivity index (χ4n) is 2.80. The zero-order chi connectivity index (χ0) is 19.0. The Kier molecular flexibility index (Phi) is 4.07. The summed E-state index contributed by atoms with van der Waals surface area (Å²) in [5.41, 5.74) is 4.53. The molecule has 2 aromatic heterocycles. The summed E-state index contributed by atoms with van der Waals surface area (Å²) in [6.07, 6.45) is -3.16. The normalized spacial score (nSPS) is 11.7. The number of rotatable bonds is 3. The zero-order valence-corrected chi connectivity index (χ0v) is 14.2. The average molecular weight is 369 g/mol. The van der Waals surface area contributed by atoms with Crippen molar-refractivity contribution < 1.29 is 17.9 Å². The fourth-order valence-corrected chi connectivity index (χ4v) is 2.80. The smallest absolute Gasteiger partial charge is 0.406 e. The van der Waals surface area contributed by atoms with Gasteiger partial charge in [-0.25, -0.2) is 9.50 Å². The van der Waals surface area contributed by atoms with E-state index >= 15 is 0 Å². The molecule has 0 aliphatic carbocycles. The van der Waals surface area contributed by atoms with E-state index in [-0.39, 0.29) is 5.75 Å². The third-order valence-corrected chi connectivity index (χ3v) is 4.07. The molecule has 0 radical (unpaired) electrons. The largest absolute Gasteiger partial charge is 0.573 e. The van der Waals surface area contributed by atoms with Crippen LogP contribution in [-0.2, 0) is 0 Å². The highest BCUT2D eigenvalue weighted by Gasteiger charge is 2.31. The quantitative estimate of drug-likeness (QED) is 0.494. The highest BCUT2D eigenvalue weighted by molar-refractivity contribution is 5.67. The Hall–Kier alpha value is -3.35. The molecule has 0 unspecified atom stereocenters. The molecule has 2 aromatic carbocycles. The van der Waals surface area contributed by atoms with E-state index in [1.165, 1.54) is 18.2 Å². The first-order valence-corrected chi connectivity index (χ1v) is 8.17. The minimum atomic E-state index is -4.74. The second-order valence-corrected chi connectivity index (χ2v) is 6.07. The third kappa shape index (κ3) is 3.62. The van der Waals surface area contributed by atoms with Crippen LogP contribution in [0.1, 0.15) is 5.56 Å². The topological polar surface area (TPSA) is 39.4 Å². The Morgan fingerprint density at radius 1 is 0.926 bits per heavy atom. The number of benzene rings is 2. The van der Waals surface area contributed by atoms with Gasteiger partial charge in [0.1, 0.15) is 5.75 Å². The summed E-state index contributed by atoms with van der Waals surface area (Å²) in [6.45, 7) is 2.00. The maximum Gasteiger partial charge on any atom is 0.573 e. The number of halogens is 3. The predicted molar refractivity (Wildman–Crippen MR) is 95.3 cm³/mol. The summed E-state index contributed by atoms with van der Waals surface area (Å²) in [6, 6.07) is 17.4. The number of alkyl halides is 3. The van der Waals surface area contributed by atoms with Gasteiger partial charge in [0.2, 0.25) is 0 Å². The van der Waals surface area contributed by atoms with Crippen molar-refractivity contribution in [3.05, 3.63) is 72.4 Å². The lowest BCUT2D eigenvalue weighted by Gasteiger charge is -2.10. The molecule has 4 rings (SSSR count). The van der Waals surface area contributed by atoms with Gasteiger partial charge in [0.25, 0.3) is 0 Å². The molecule has 0 saturated carbocycles. The molecule has 2 heterocycles. The number of aromatic nitrogens is 3. The Morgan fingerprint density at radius 3 is 2.44 bits per heavy atom. The third-order valence-electron chi connectivity index (χ3n) is 4.07. The van der Waals surface area contributed by atoms with Gasteiger partial charge in [-0.05, 0) is 31.2 Å². The lowest BCUT2D eigenvalue weighted by molar-refractivity contribution is -0.274. The lowest BCUT2D eigenvalue weighted by atomic mass is 10.1. The van der Waals surface area contributed by atoms with Gasteiger partial charge in [-0.1, -0.05) is 42.0 Å². The molecule has 27 heavy (non-hydrogen) atoms. The Labute approximate surface area is 152 Å². The minimum Gasteiger partial charge on any atom is -0.406 e. The van der Waals surface area contributed by atoms with Gasteiger partial charge in [0.15, 0.2) is 5.65 Å². The first-order valence-electron chi connectivity index (χ1n) is 8.17. The number of hydrogen-bond acceptors (Lipinski definition) is 3. The molecule has 0 amide bonds. The average Bonchev–Trinajstić information content (AvgIpc) is 3.04. The molecule has 0 N–H and O–H groups in total. The van der Waals surface area contributed by atoms with Gasteiger partial charge in [-0.15, -0.1) is 13.2 Å². The predicted octanol–water partition coefficient (Wildman–Crippen LogP) is 5.27. The van der Waals surface area contributed by atoms with E-state index in [0.717, 1.165) is 16.8 Å². The SMILES string of the molecule is Cc1ccc(-c2ccc3ncc(-c4cccc(OC(F)(F)F)c4)n3n2)cc1. The summed E-state index contributed by atoms with van der Waals surface area (Å²) >= 11 is 0. The molecular formula is C20H14F3N3O. The van der Waals surface area contributed by atoms with Crippen LogP contribution in [0.3, 0.4) is 0 Å².